The monoisotopic (exact) mass is 545 g/mol. The van der Waals surface area contributed by atoms with E-state index in [1.165, 1.54) is 54.6 Å². The number of nitrogens with zero attached hydrogens (tertiary/aromatic N) is 7. The summed E-state index contributed by atoms with van der Waals surface area (Å²) in [5, 5.41) is 20.7. The lowest BCUT2D eigenvalue weighted by Crippen LogP contribution is -2.01. The summed E-state index contributed by atoms with van der Waals surface area (Å²) in [4.78, 5) is 25.8. The van der Waals surface area contributed by atoms with Crippen molar-refractivity contribution in [2.75, 3.05) is 0 Å². The maximum Gasteiger partial charge on any atom is 0.336 e. The van der Waals surface area contributed by atoms with E-state index in [0.29, 0.717) is 22.5 Å². The van der Waals surface area contributed by atoms with Gasteiger partial charge in [-0.1, -0.05) is 24.3 Å². The molecule has 0 fully saturated rings. The quantitative estimate of drug-likeness (QED) is 0.142. The molecule has 0 aliphatic carbocycles. The molecule has 2 aromatic carbocycles. The van der Waals surface area contributed by atoms with Gasteiger partial charge in [-0.25, -0.2) is 13.6 Å². The highest BCUT2D eigenvalue weighted by Crippen LogP contribution is 2.21. The molecular weight excluding hydrogens is 520 g/mol. The van der Waals surface area contributed by atoms with Crippen LogP contribution in [0.3, 0.4) is 0 Å². The Kier molecular flexibility index (Phi) is 9.45. The van der Waals surface area contributed by atoms with Crippen LogP contribution >= 0.6 is 0 Å². The molecule has 4 aromatic rings. The predicted molar refractivity (Wildman–Crippen MR) is 146 cm³/mol. The van der Waals surface area contributed by atoms with E-state index in [9.17, 15) is 23.5 Å². The van der Waals surface area contributed by atoms with Gasteiger partial charge in [0.15, 0.2) is 0 Å². The van der Waals surface area contributed by atoms with Crippen LogP contribution in [0, 0.1) is 25.5 Å². The van der Waals surface area contributed by atoms with Gasteiger partial charge in [0.25, 0.3) is 0 Å². The molecule has 10 nitrogen and oxygen atoms in total. The van der Waals surface area contributed by atoms with E-state index in [0.717, 1.165) is 11.4 Å². The number of halogens is 2. The highest BCUT2D eigenvalue weighted by Gasteiger charge is 2.13. The summed E-state index contributed by atoms with van der Waals surface area (Å²) in [5.41, 5.74) is 12.6. The number of carboxylic acid groups (broad SMARTS) is 1. The van der Waals surface area contributed by atoms with Gasteiger partial charge in [-0.05, 0) is 84.2 Å². The number of carbonyl (C=O) groups excluding carboxylic acids is 1. The minimum atomic E-state index is -1.06. The number of amides is 1. The maximum absolute atomic E-state index is 13.0. The standard InChI is InChI=1S/C14H12FN5O.C14H13FN2O2/c1-9-7-12(20(2)18-9)8-13(14(21)17-19-16)10-3-5-11(15)6-4-10;1-9-7-12(17(2)16-9)8-13(14(18)19)10-3-5-11(15)6-4-10/h3-8H,1-2H3;3-8H,1-2H3,(H,18,19)/b2*13-8-. The van der Waals surface area contributed by atoms with Crippen LogP contribution in [0.25, 0.3) is 33.7 Å². The van der Waals surface area contributed by atoms with E-state index in [2.05, 4.69) is 20.2 Å². The number of aliphatic carboxylic acids is 1. The molecule has 0 spiro atoms. The third kappa shape index (κ3) is 7.59. The van der Waals surface area contributed by atoms with Crippen LogP contribution in [-0.2, 0) is 23.7 Å². The zero-order valence-electron chi connectivity index (χ0n) is 22.1. The summed E-state index contributed by atoms with van der Waals surface area (Å²) in [6.45, 7) is 3.65. The molecule has 0 aliphatic rings. The van der Waals surface area contributed by atoms with Crippen molar-refractivity contribution in [2.24, 2.45) is 19.2 Å². The van der Waals surface area contributed by atoms with Crippen LogP contribution in [-0.4, -0.2) is 36.5 Å². The average molecular weight is 546 g/mol. The van der Waals surface area contributed by atoms with Gasteiger partial charge < -0.3 is 5.11 Å². The van der Waals surface area contributed by atoms with Gasteiger partial charge in [0, 0.05) is 24.6 Å². The van der Waals surface area contributed by atoms with Crippen LogP contribution in [0.5, 0.6) is 0 Å². The van der Waals surface area contributed by atoms with Gasteiger partial charge in [-0.15, -0.1) is 0 Å². The topological polar surface area (TPSA) is 139 Å². The molecule has 204 valence electrons. The molecule has 0 radical (unpaired) electrons. The minimum Gasteiger partial charge on any atom is -0.478 e. The average Bonchev–Trinajstić information content (AvgIpc) is 3.40. The number of aromatic nitrogens is 4. The molecule has 0 aliphatic heterocycles. The summed E-state index contributed by atoms with van der Waals surface area (Å²) in [6.07, 6.45) is 3.08. The molecule has 0 saturated carbocycles. The van der Waals surface area contributed by atoms with Gasteiger partial charge in [-0.2, -0.15) is 10.2 Å². The number of aryl methyl sites for hydroxylation is 4. The van der Waals surface area contributed by atoms with E-state index in [1.54, 1.807) is 41.7 Å². The van der Waals surface area contributed by atoms with Crippen LogP contribution < -0.4 is 0 Å². The van der Waals surface area contributed by atoms with Gasteiger partial charge >= 0.3 is 5.97 Å². The summed E-state index contributed by atoms with van der Waals surface area (Å²) < 4.78 is 29.1. The maximum atomic E-state index is 13.0. The zero-order chi connectivity index (χ0) is 29.4. The molecule has 2 aromatic heterocycles. The Morgan fingerprint density at radius 3 is 1.57 bits per heavy atom. The van der Waals surface area contributed by atoms with Crippen molar-refractivity contribution in [3.63, 3.8) is 0 Å². The Hall–Kier alpha value is -5.35. The molecule has 12 heteroatoms. The van der Waals surface area contributed by atoms with E-state index >= 15 is 0 Å². The smallest absolute Gasteiger partial charge is 0.336 e. The molecule has 1 amide bonds. The lowest BCUT2D eigenvalue weighted by molar-refractivity contribution is -0.130. The Morgan fingerprint density at radius 2 is 1.23 bits per heavy atom. The summed E-state index contributed by atoms with van der Waals surface area (Å²) in [6, 6.07) is 14.3. The molecule has 1 N–H and O–H groups in total. The molecule has 0 bridgehead atoms. The van der Waals surface area contributed by atoms with Crippen molar-refractivity contribution in [3.05, 3.63) is 117 Å². The molecule has 0 atom stereocenters. The largest absolute Gasteiger partial charge is 0.478 e. The van der Waals surface area contributed by atoms with E-state index in [1.807, 2.05) is 13.8 Å². The number of hydrogen-bond donors (Lipinski definition) is 1. The van der Waals surface area contributed by atoms with Gasteiger partial charge in [-0.3, -0.25) is 14.2 Å². The first kappa shape index (κ1) is 29.2. The van der Waals surface area contributed by atoms with E-state index < -0.39 is 23.5 Å². The third-order valence-corrected chi connectivity index (χ3v) is 5.57. The van der Waals surface area contributed by atoms with E-state index in [-0.39, 0.29) is 11.1 Å². The number of carbonyl (C=O) groups is 2. The number of hydrogen-bond acceptors (Lipinski definition) is 4. The third-order valence-electron chi connectivity index (χ3n) is 5.57. The van der Waals surface area contributed by atoms with Crippen molar-refractivity contribution in [3.8, 4) is 0 Å². The molecular formula is C28H25F2N7O3. The number of azide groups is 1. The fraction of sp³-hybridized carbons (Fsp3) is 0.143. The minimum absolute atomic E-state index is 0.100. The van der Waals surface area contributed by atoms with Crippen molar-refractivity contribution < 1.29 is 23.5 Å². The lowest BCUT2D eigenvalue weighted by atomic mass is 10.0. The second-order valence-electron chi connectivity index (χ2n) is 8.60. The van der Waals surface area contributed by atoms with Gasteiger partial charge in [0.1, 0.15) is 11.6 Å². The Labute approximate surface area is 228 Å². The van der Waals surface area contributed by atoms with Crippen LogP contribution in [0.15, 0.2) is 65.8 Å². The summed E-state index contributed by atoms with van der Waals surface area (Å²) in [7, 11) is 3.47. The highest BCUT2D eigenvalue weighted by atomic mass is 19.1. The van der Waals surface area contributed by atoms with E-state index in [4.69, 9.17) is 5.53 Å². The van der Waals surface area contributed by atoms with Crippen LogP contribution in [0.1, 0.15) is 33.9 Å². The van der Waals surface area contributed by atoms with Crippen molar-refractivity contribution in [1.29, 1.82) is 0 Å². The predicted octanol–water partition coefficient (Wildman–Crippen LogP) is 5.74. The molecule has 0 saturated heterocycles. The first-order chi connectivity index (χ1) is 19.0. The number of benzene rings is 2. The first-order valence-electron chi connectivity index (χ1n) is 11.8. The highest BCUT2D eigenvalue weighted by molar-refractivity contribution is 6.24. The molecule has 2 heterocycles. The second kappa shape index (κ2) is 12.9. The molecule has 0 unspecified atom stereocenters. The Bertz CT molecular complexity index is 1640. The summed E-state index contributed by atoms with van der Waals surface area (Å²) >= 11 is 0. The normalized spacial score (nSPS) is 11.3. The van der Waals surface area contributed by atoms with Gasteiger partial charge in [0.2, 0.25) is 5.91 Å². The first-order valence-corrected chi connectivity index (χ1v) is 11.8. The second-order valence-corrected chi connectivity index (χ2v) is 8.60. The van der Waals surface area contributed by atoms with Crippen molar-refractivity contribution >= 4 is 35.2 Å². The summed E-state index contributed by atoms with van der Waals surface area (Å²) in [5.74, 6) is -2.61. The van der Waals surface area contributed by atoms with Crippen LogP contribution in [0.2, 0.25) is 0 Å². The fourth-order valence-electron chi connectivity index (χ4n) is 3.72. The molecule has 40 heavy (non-hydrogen) atoms. The van der Waals surface area contributed by atoms with Crippen molar-refractivity contribution in [2.45, 2.75) is 13.8 Å². The number of carboxylic acids is 1. The molecule has 4 rings (SSSR count). The SMILES string of the molecule is Cc1cc(/C=C(\C(=O)N=[N+]=[N-])c2ccc(F)cc2)n(C)n1.Cc1cc(/C=C(\C(=O)O)c2ccc(F)cc2)n(C)n1. The zero-order valence-corrected chi connectivity index (χ0v) is 22.1. The lowest BCUT2D eigenvalue weighted by Gasteiger charge is -2.04. The van der Waals surface area contributed by atoms with Crippen LogP contribution in [0.4, 0.5) is 8.78 Å². The Morgan fingerprint density at radius 1 is 0.825 bits per heavy atom. The Balaban J connectivity index is 0.000000222. The number of rotatable bonds is 6. The fourth-order valence-corrected chi connectivity index (χ4v) is 3.72. The van der Waals surface area contributed by atoms with Crippen molar-refractivity contribution in [1.82, 2.24) is 19.6 Å². The van der Waals surface area contributed by atoms with Gasteiger partial charge in [0.05, 0.1) is 28.3 Å².